The number of carbonyl (C=O) groups excluding carboxylic acids is 1. The molecule has 4 aromatic rings. The number of hydrogen-bond donors (Lipinski definition) is 0. The van der Waals surface area contributed by atoms with Crippen molar-refractivity contribution in [2.24, 2.45) is 0 Å². The third-order valence-electron chi connectivity index (χ3n) is 5.06. The van der Waals surface area contributed by atoms with Gasteiger partial charge >= 0.3 is 24.1 Å². The number of halogens is 7. The molecule has 2 aromatic carbocycles. The van der Waals surface area contributed by atoms with Crippen LogP contribution in [0.15, 0.2) is 59.1 Å². The van der Waals surface area contributed by atoms with Crippen LogP contribution in [0.1, 0.15) is 16.1 Å². The largest absolute Gasteiger partial charge is 0.420 e. The molecule has 4 rings (SSSR count). The number of nitrogens with zero attached hydrogens (tertiary/aromatic N) is 5. The molecule has 0 saturated heterocycles. The van der Waals surface area contributed by atoms with Crippen LogP contribution in [0.2, 0.25) is 0 Å². The number of aromatic nitrogens is 4. The van der Waals surface area contributed by atoms with Crippen molar-refractivity contribution in [2.75, 3.05) is 11.9 Å². The number of amides is 1. The fourth-order valence-corrected chi connectivity index (χ4v) is 3.57. The molecule has 1 amide bonds. The lowest BCUT2D eigenvalue weighted by Crippen LogP contribution is -2.31. The minimum atomic E-state index is -5.44. The molecule has 0 saturated carbocycles. The van der Waals surface area contributed by atoms with E-state index >= 15 is 0 Å². The van der Waals surface area contributed by atoms with Crippen molar-refractivity contribution in [2.45, 2.75) is 12.4 Å². The Morgan fingerprint density at radius 2 is 1.74 bits per heavy atom. The molecule has 8 nitrogen and oxygen atoms in total. The predicted octanol–water partition coefficient (Wildman–Crippen LogP) is 5.16. The highest BCUT2D eigenvalue weighted by atomic mass is 32.1. The van der Waals surface area contributed by atoms with Gasteiger partial charge in [0.15, 0.2) is 10.8 Å². The molecular formula is C23H12F7N5O3S. The predicted molar refractivity (Wildman–Crippen MR) is 123 cm³/mol. The normalized spacial score (nSPS) is 11.6. The molecule has 39 heavy (non-hydrogen) atoms. The molecule has 16 heteroatoms. The summed E-state index contributed by atoms with van der Waals surface area (Å²) in [6, 6.07) is 6.53. The average Bonchev–Trinajstić information content (AvgIpc) is 3.51. The van der Waals surface area contributed by atoms with Crippen molar-refractivity contribution in [1.29, 1.82) is 0 Å². The number of hydrogen-bond acceptors (Lipinski definition) is 6. The second kappa shape index (κ2) is 10.3. The quantitative estimate of drug-likeness (QED) is 0.251. The fraction of sp³-hybridized carbons (Fsp3) is 0.130. The van der Waals surface area contributed by atoms with Crippen molar-refractivity contribution in [1.82, 2.24) is 19.3 Å². The Bertz CT molecular complexity index is 1630. The van der Waals surface area contributed by atoms with Crippen LogP contribution in [0.25, 0.3) is 5.69 Å². The van der Waals surface area contributed by atoms with E-state index in [-0.39, 0.29) is 22.8 Å². The van der Waals surface area contributed by atoms with E-state index in [1.165, 1.54) is 5.51 Å². The van der Waals surface area contributed by atoms with E-state index in [0.29, 0.717) is 14.0 Å². The third kappa shape index (κ3) is 5.93. The van der Waals surface area contributed by atoms with Crippen molar-refractivity contribution in [3.8, 4) is 23.4 Å². The third-order valence-corrected chi connectivity index (χ3v) is 5.67. The van der Waals surface area contributed by atoms with E-state index in [1.54, 1.807) is 0 Å². The molecule has 0 aliphatic heterocycles. The van der Waals surface area contributed by atoms with Gasteiger partial charge < -0.3 is 4.74 Å². The lowest BCUT2D eigenvalue weighted by atomic mass is 10.1. The summed E-state index contributed by atoms with van der Waals surface area (Å²) in [4.78, 5) is 26.4. The summed E-state index contributed by atoms with van der Waals surface area (Å²) in [6.07, 6.45) is -10.3. The number of alkyl halides is 6. The van der Waals surface area contributed by atoms with Crippen molar-refractivity contribution >= 4 is 23.1 Å². The van der Waals surface area contributed by atoms with E-state index in [1.807, 2.05) is 0 Å². The van der Waals surface area contributed by atoms with Gasteiger partial charge in [0.05, 0.1) is 11.3 Å². The van der Waals surface area contributed by atoms with E-state index in [9.17, 15) is 40.3 Å². The van der Waals surface area contributed by atoms with Crippen LogP contribution < -0.4 is 15.3 Å². The van der Waals surface area contributed by atoms with Gasteiger partial charge in [-0.3, -0.25) is 9.47 Å². The summed E-state index contributed by atoms with van der Waals surface area (Å²) in [5.41, 5.74) is -4.56. The van der Waals surface area contributed by atoms with Crippen LogP contribution >= 0.6 is 11.3 Å². The molecular weight excluding hydrogens is 559 g/mol. The first-order chi connectivity index (χ1) is 18.3. The molecule has 2 heterocycles. The second-order valence-electron chi connectivity index (χ2n) is 7.57. The van der Waals surface area contributed by atoms with Gasteiger partial charge in [0.25, 0.3) is 0 Å². The maximum absolute atomic E-state index is 14.0. The van der Waals surface area contributed by atoms with Crippen molar-refractivity contribution in [3.63, 3.8) is 0 Å². The lowest BCUT2D eigenvalue weighted by molar-refractivity contribution is -0.143. The van der Waals surface area contributed by atoms with Gasteiger partial charge in [-0.1, -0.05) is 11.3 Å². The van der Waals surface area contributed by atoms with Crippen molar-refractivity contribution in [3.05, 3.63) is 86.7 Å². The Balaban J connectivity index is 1.87. The summed E-state index contributed by atoms with van der Waals surface area (Å²) in [5.74, 6) is 0.435. The average molecular weight is 571 g/mol. The van der Waals surface area contributed by atoms with Gasteiger partial charge in [0.2, 0.25) is 0 Å². The number of imidazole rings is 1. The van der Waals surface area contributed by atoms with Gasteiger partial charge in [0.1, 0.15) is 16.9 Å². The Morgan fingerprint density at radius 3 is 2.33 bits per heavy atom. The highest BCUT2D eigenvalue weighted by Crippen LogP contribution is 2.44. The van der Waals surface area contributed by atoms with Crippen LogP contribution in [-0.4, -0.2) is 32.5 Å². The number of carbonyl (C=O) groups is 1. The smallest absolute Gasteiger partial charge is 0.407 e. The lowest BCUT2D eigenvalue weighted by Gasteiger charge is -2.22. The minimum Gasteiger partial charge on any atom is -0.407 e. The molecule has 0 atom stereocenters. The Labute approximate surface area is 217 Å². The highest BCUT2D eigenvalue weighted by Gasteiger charge is 2.42. The van der Waals surface area contributed by atoms with Crippen LogP contribution in [0.3, 0.4) is 0 Å². The molecule has 0 fully saturated rings. The van der Waals surface area contributed by atoms with Crippen LogP contribution in [-0.2, 0) is 12.4 Å². The molecule has 0 N–H and O–H groups in total. The zero-order valence-electron chi connectivity index (χ0n) is 19.2. The highest BCUT2D eigenvalue weighted by molar-refractivity contribution is 7.09. The zero-order chi connectivity index (χ0) is 28.5. The molecule has 0 spiro atoms. The first-order valence-electron chi connectivity index (χ1n) is 10.4. The van der Waals surface area contributed by atoms with Gasteiger partial charge in [-0.15, -0.1) is 10.2 Å². The zero-order valence-corrected chi connectivity index (χ0v) is 20.0. The Morgan fingerprint density at radius 1 is 1.05 bits per heavy atom. The van der Waals surface area contributed by atoms with Gasteiger partial charge in [-0.2, -0.15) is 26.3 Å². The van der Waals surface area contributed by atoms with Crippen LogP contribution in [0.4, 0.5) is 41.2 Å². The van der Waals surface area contributed by atoms with Gasteiger partial charge in [-0.25, -0.2) is 18.5 Å². The molecule has 0 unspecified atom stereocenters. The van der Waals surface area contributed by atoms with E-state index in [0.717, 1.165) is 55.0 Å². The Kier molecular flexibility index (Phi) is 7.20. The molecule has 2 aromatic heterocycles. The molecule has 202 valence electrons. The minimum absolute atomic E-state index is 0.00121. The van der Waals surface area contributed by atoms with E-state index < -0.39 is 52.5 Å². The first-order valence-corrected chi connectivity index (χ1v) is 11.3. The maximum atomic E-state index is 14.0. The summed E-state index contributed by atoms with van der Waals surface area (Å²) in [7, 11) is 1.08. The molecule has 0 radical (unpaired) electrons. The maximum Gasteiger partial charge on any atom is 0.420 e. The SMILES string of the molecule is CN(C(=O)Oc1c(-n2ccn(C#Cc3nncs3)c2=O)cc(C(F)(F)F)cc1C(F)(F)F)c1ccc(F)cc1. The van der Waals surface area contributed by atoms with Crippen molar-refractivity contribution < 1.29 is 40.3 Å². The molecule has 0 bridgehead atoms. The number of anilines is 1. The van der Waals surface area contributed by atoms with Gasteiger partial charge in [-0.05, 0) is 42.3 Å². The standard InChI is InChI=1S/C23H12F7N5O3S/c1-33(15-4-2-14(24)3-5-15)21(37)38-19-16(23(28,29)30)10-13(22(25,26)27)11-17(19)35-9-8-34(20(35)36)7-6-18-32-31-12-39-18/h2-5,8-12H,1H3. The number of ether oxygens (including phenoxy) is 1. The summed E-state index contributed by atoms with van der Waals surface area (Å²) in [6.45, 7) is 0. The summed E-state index contributed by atoms with van der Waals surface area (Å²) < 4.78 is 102. The molecule has 0 aliphatic carbocycles. The first kappa shape index (κ1) is 27.4. The molecule has 0 aliphatic rings. The van der Waals surface area contributed by atoms with Crippen LogP contribution in [0, 0.1) is 17.8 Å². The topological polar surface area (TPSA) is 82.2 Å². The van der Waals surface area contributed by atoms with Crippen LogP contribution in [0.5, 0.6) is 5.75 Å². The number of benzene rings is 2. The monoisotopic (exact) mass is 571 g/mol. The number of rotatable bonds is 3. The summed E-state index contributed by atoms with van der Waals surface area (Å²) >= 11 is 1.02. The fourth-order valence-electron chi connectivity index (χ4n) is 3.18. The van der Waals surface area contributed by atoms with Gasteiger partial charge in [0, 0.05) is 31.2 Å². The second-order valence-corrected chi connectivity index (χ2v) is 8.41. The van der Waals surface area contributed by atoms with E-state index in [4.69, 9.17) is 4.74 Å². The Hall–Kier alpha value is -4.65. The summed E-state index contributed by atoms with van der Waals surface area (Å²) in [5, 5.41) is 7.37. The van der Waals surface area contributed by atoms with E-state index in [2.05, 4.69) is 22.2 Å².